The summed E-state index contributed by atoms with van der Waals surface area (Å²) in [6.45, 7) is 0. The lowest BCUT2D eigenvalue weighted by Crippen LogP contribution is -2.42. The maximum atomic E-state index is 13.1. The highest BCUT2D eigenvalue weighted by atomic mass is 16.1. The standard InChI is InChI=1S/C19H18N4O/c1-20-17-12-10-22-16(11-4-5-11)9-14(12)19(18(24)23-17)7-6-15-13(19)3-2-8-21-15/h2-3,8-11H,4-7H2,1H3,(H,20,23,24). The highest BCUT2D eigenvalue weighted by Crippen LogP contribution is 2.49. The summed E-state index contributed by atoms with van der Waals surface area (Å²) >= 11 is 0. The second kappa shape index (κ2) is 4.72. The molecule has 1 amide bonds. The van der Waals surface area contributed by atoms with Gasteiger partial charge in [0.1, 0.15) is 11.3 Å². The lowest BCUT2D eigenvalue weighted by molar-refractivity contribution is -0.122. The molecular weight excluding hydrogens is 300 g/mol. The first-order valence-corrected chi connectivity index (χ1v) is 8.50. The molecule has 120 valence electrons. The van der Waals surface area contributed by atoms with Gasteiger partial charge in [-0.2, -0.15) is 4.99 Å². The number of aryl methyl sites for hydroxylation is 1. The molecule has 1 fully saturated rings. The molecule has 1 atom stereocenters. The summed E-state index contributed by atoms with van der Waals surface area (Å²) in [6, 6.07) is 6.10. The number of rotatable bonds is 1. The van der Waals surface area contributed by atoms with Crippen molar-refractivity contribution in [2.75, 3.05) is 7.05 Å². The van der Waals surface area contributed by atoms with Crippen LogP contribution < -0.4 is 5.32 Å². The number of hydrogen-bond donors (Lipinski definition) is 1. The van der Waals surface area contributed by atoms with Gasteiger partial charge in [0.05, 0.1) is 0 Å². The number of nitrogens with one attached hydrogen (secondary N) is 1. The van der Waals surface area contributed by atoms with Crippen LogP contribution in [0.3, 0.4) is 0 Å². The number of carbonyl (C=O) groups excluding carboxylic acids is 1. The second-order valence-electron chi connectivity index (χ2n) is 6.85. The predicted molar refractivity (Wildman–Crippen MR) is 90.2 cm³/mol. The number of hydrogen-bond acceptors (Lipinski definition) is 4. The number of aliphatic imine (C=N–C) groups is 1. The fourth-order valence-corrected chi connectivity index (χ4v) is 4.15. The summed E-state index contributed by atoms with van der Waals surface area (Å²) in [5, 5.41) is 3.06. The topological polar surface area (TPSA) is 67.2 Å². The largest absolute Gasteiger partial charge is 0.372 e. The molecule has 0 bridgehead atoms. The Balaban J connectivity index is 1.80. The summed E-state index contributed by atoms with van der Waals surface area (Å²) in [4.78, 5) is 26.6. The maximum Gasteiger partial charge on any atom is 0.262 e. The fraction of sp³-hybridized carbons (Fsp3) is 0.368. The van der Waals surface area contributed by atoms with Crippen molar-refractivity contribution in [2.24, 2.45) is 4.99 Å². The van der Waals surface area contributed by atoms with Gasteiger partial charge in [-0.1, -0.05) is 6.07 Å². The lowest BCUT2D eigenvalue weighted by atomic mass is 9.71. The Kier molecular flexibility index (Phi) is 2.72. The molecule has 1 spiro atoms. The molecular formula is C19H18N4O. The molecule has 0 saturated heterocycles. The Morgan fingerprint density at radius 2 is 2.12 bits per heavy atom. The first kappa shape index (κ1) is 13.8. The molecule has 1 unspecified atom stereocenters. The highest BCUT2D eigenvalue weighted by molar-refractivity contribution is 6.14. The molecule has 3 heterocycles. The highest BCUT2D eigenvalue weighted by Gasteiger charge is 2.51. The van der Waals surface area contributed by atoms with Crippen molar-refractivity contribution in [2.45, 2.75) is 37.0 Å². The number of nitrogens with zero attached hydrogens (tertiary/aromatic N) is 3. The van der Waals surface area contributed by atoms with E-state index in [1.807, 2.05) is 18.3 Å². The summed E-state index contributed by atoms with van der Waals surface area (Å²) < 4.78 is 0. The smallest absolute Gasteiger partial charge is 0.262 e. The van der Waals surface area contributed by atoms with E-state index in [1.165, 1.54) is 12.8 Å². The van der Waals surface area contributed by atoms with Gasteiger partial charge in [-0.15, -0.1) is 0 Å². The molecule has 1 saturated carbocycles. The van der Waals surface area contributed by atoms with E-state index < -0.39 is 5.41 Å². The van der Waals surface area contributed by atoms with Crippen LogP contribution in [0, 0.1) is 0 Å². The van der Waals surface area contributed by atoms with E-state index in [0.717, 1.165) is 40.9 Å². The first-order valence-electron chi connectivity index (χ1n) is 8.50. The van der Waals surface area contributed by atoms with Gasteiger partial charge in [-0.05, 0) is 48.9 Å². The van der Waals surface area contributed by atoms with Crippen LogP contribution in [0.5, 0.6) is 0 Å². The van der Waals surface area contributed by atoms with Crippen LogP contribution in [0.1, 0.15) is 53.3 Å². The quantitative estimate of drug-likeness (QED) is 0.874. The zero-order valence-corrected chi connectivity index (χ0v) is 13.5. The number of amidine groups is 1. The third kappa shape index (κ3) is 1.70. The third-order valence-electron chi connectivity index (χ3n) is 5.54. The van der Waals surface area contributed by atoms with Gasteiger partial charge in [0.2, 0.25) is 0 Å². The summed E-state index contributed by atoms with van der Waals surface area (Å²) in [7, 11) is 1.80. The van der Waals surface area contributed by atoms with Crippen LogP contribution in [0.15, 0.2) is 35.6 Å². The minimum atomic E-state index is -0.689. The van der Waals surface area contributed by atoms with Crippen molar-refractivity contribution < 1.29 is 4.79 Å². The van der Waals surface area contributed by atoms with Crippen molar-refractivity contribution in [3.8, 4) is 0 Å². The van der Waals surface area contributed by atoms with E-state index in [-0.39, 0.29) is 5.91 Å². The van der Waals surface area contributed by atoms with Crippen LogP contribution in [0.2, 0.25) is 0 Å². The predicted octanol–water partition coefficient (Wildman–Crippen LogP) is 2.09. The van der Waals surface area contributed by atoms with Gasteiger partial charge in [0.25, 0.3) is 5.91 Å². The number of aromatic nitrogens is 2. The number of amides is 1. The van der Waals surface area contributed by atoms with Crippen LogP contribution in [0.4, 0.5) is 0 Å². The average Bonchev–Trinajstić information content (AvgIpc) is 3.40. The van der Waals surface area contributed by atoms with Gasteiger partial charge in [0.15, 0.2) is 0 Å². The van der Waals surface area contributed by atoms with Crippen LogP contribution in [0.25, 0.3) is 0 Å². The van der Waals surface area contributed by atoms with Crippen molar-refractivity contribution in [3.63, 3.8) is 0 Å². The van der Waals surface area contributed by atoms with Gasteiger partial charge < -0.3 is 5.32 Å². The average molecular weight is 318 g/mol. The molecule has 3 aliphatic rings. The molecule has 5 rings (SSSR count). The molecule has 2 aliphatic carbocycles. The summed E-state index contributed by atoms with van der Waals surface area (Å²) in [5.41, 5.74) is 4.45. The Bertz CT molecular complexity index is 900. The molecule has 1 aliphatic heterocycles. The zero-order chi connectivity index (χ0) is 16.3. The van der Waals surface area contributed by atoms with Crippen LogP contribution in [-0.2, 0) is 16.6 Å². The lowest BCUT2D eigenvalue weighted by Gasteiger charge is -2.33. The van der Waals surface area contributed by atoms with E-state index in [0.29, 0.717) is 11.8 Å². The molecule has 2 aromatic rings. The molecule has 0 aromatic carbocycles. The van der Waals surface area contributed by atoms with E-state index in [4.69, 9.17) is 0 Å². The molecule has 2 aromatic heterocycles. The molecule has 5 heteroatoms. The second-order valence-corrected chi connectivity index (χ2v) is 6.85. The Labute approximate surface area is 140 Å². The Hall–Kier alpha value is -2.56. The molecule has 0 radical (unpaired) electrons. The van der Waals surface area contributed by atoms with Gasteiger partial charge in [-0.25, -0.2) is 0 Å². The SMILES string of the molecule is CNC1=NC(=O)C2(CCc3ncccc32)c2cc(C3CC3)ncc21. The molecule has 5 nitrogen and oxygen atoms in total. The zero-order valence-electron chi connectivity index (χ0n) is 13.5. The van der Waals surface area contributed by atoms with E-state index >= 15 is 0 Å². The number of fused-ring (bicyclic) bond motifs is 4. The maximum absolute atomic E-state index is 13.1. The van der Waals surface area contributed by atoms with Gasteiger partial charge in [0, 0.05) is 42.3 Å². The van der Waals surface area contributed by atoms with E-state index in [9.17, 15) is 4.79 Å². The van der Waals surface area contributed by atoms with E-state index in [1.54, 1.807) is 13.2 Å². The van der Waals surface area contributed by atoms with Crippen LogP contribution >= 0.6 is 0 Å². The normalized spacial score (nSPS) is 24.5. The van der Waals surface area contributed by atoms with Gasteiger partial charge in [-0.3, -0.25) is 14.8 Å². The monoisotopic (exact) mass is 318 g/mol. The summed E-state index contributed by atoms with van der Waals surface area (Å²) in [6.07, 6.45) is 7.62. The van der Waals surface area contributed by atoms with E-state index in [2.05, 4.69) is 26.3 Å². The number of carbonyl (C=O) groups is 1. The minimum absolute atomic E-state index is 0.0842. The van der Waals surface area contributed by atoms with Crippen molar-refractivity contribution in [1.82, 2.24) is 15.3 Å². The summed E-state index contributed by atoms with van der Waals surface area (Å²) in [5.74, 6) is 1.08. The van der Waals surface area contributed by atoms with Crippen LogP contribution in [-0.4, -0.2) is 28.8 Å². The first-order chi connectivity index (χ1) is 11.7. The Morgan fingerprint density at radius 3 is 2.92 bits per heavy atom. The third-order valence-corrected chi connectivity index (χ3v) is 5.54. The Morgan fingerprint density at radius 1 is 1.25 bits per heavy atom. The van der Waals surface area contributed by atoms with Crippen molar-refractivity contribution in [1.29, 1.82) is 0 Å². The van der Waals surface area contributed by atoms with Crippen molar-refractivity contribution in [3.05, 3.63) is 58.7 Å². The molecule has 24 heavy (non-hydrogen) atoms. The molecule has 1 N–H and O–H groups in total. The van der Waals surface area contributed by atoms with Crippen molar-refractivity contribution >= 4 is 11.7 Å². The minimum Gasteiger partial charge on any atom is -0.372 e. The van der Waals surface area contributed by atoms with Gasteiger partial charge >= 0.3 is 0 Å². The fourth-order valence-electron chi connectivity index (χ4n) is 4.15. The number of pyridine rings is 2.